The van der Waals surface area contributed by atoms with E-state index in [4.69, 9.17) is 4.74 Å². The molecule has 0 aliphatic carbocycles. The van der Waals surface area contributed by atoms with E-state index in [-0.39, 0.29) is 0 Å². The Balaban J connectivity index is 1.85. The number of rotatable bonds is 3. The molecule has 0 radical (unpaired) electrons. The van der Waals surface area contributed by atoms with Crippen molar-refractivity contribution in [3.63, 3.8) is 0 Å². The van der Waals surface area contributed by atoms with Gasteiger partial charge in [0.1, 0.15) is 0 Å². The van der Waals surface area contributed by atoms with E-state index in [9.17, 15) is 0 Å². The number of nitrogens with one attached hydrogen (secondary N) is 1. The molecular weight excluding hydrogens is 224 g/mol. The van der Waals surface area contributed by atoms with Crippen molar-refractivity contribution in [2.75, 3.05) is 13.2 Å². The van der Waals surface area contributed by atoms with E-state index in [1.807, 2.05) is 12.3 Å². The highest BCUT2D eigenvalue weighted by atomic mass is 16.5. The standard InChI is InChI=1S/C15H18N2O/c1-11-4-5-12(9-17-13-6-8-18-10-13)14-3-2-7-16-15(11)14/h2-5,7,13,17H,6,8-10H2,1H3/t13-/m1/s1. The van der Waals surface area contributed by atoms with E-state index in [1.54, 1.807) is 0 Å². The molecule has 0 unspecified atom stereocenters. The molecule has 0 amide bonds. The number of hydrogen-bond donors (Lipinski definition) is 1. The van der Waals surface area contributed by atoms with Crippen LogP contribution < -0.4 is 5.32 Å². The molecule has 1 atom stereocenters. The number of hydrogen-bond acceptors (Lipinski definition) is 3. The van der Waals surface area contributed by atoms with Crippen molar-refractivity contribution in [3.8, 4) is 0 Å². The van der Waals surface area contributed by atoms with Crippen LogP contribution in [0.1, 0.15) is 17.5 Å². The van der Waals surface area contributed by atoms with Crippen molar-refractivity contribution in [3.05, 3.63) is 41.6 Å². The van der Waals surface area contributed by atoms with Gasteiger partial charge >= 0.3 is 0 Å². The Labute approximate surface area is 107 Å². The molecule has 2 aromatic rings. The third-order valence-electron chi connectivity index (χ3n) is 3.57. The molecule has 1 aromatic heterocycles. The molecule has 1 N–H and O–H groups in total. The third kappa shape index (κ3) is 2.24. The summed E-state index contributed by atoms with van der Waals surface area (Å²) in [6, 6.07) is 9.00. The first-order chi connectivity index (χ1) is 8.84. The summed E-state index contributed by atoms with van der Waals surface area (Å²) >= 11 is 0. The van der Waals surface area contributed by atoms with Crippen molar-refractivity contribution in [2.24, 2.45) is 0 Å². The molecular formula is C15H18N2O. The maximum Gasteiger partial charge on any atom is 0.0734 e. The molecule has 0 bridgehead atoms. The smallest absolute Gasteiger partial charge is 0.0734 e. The molecule has 1 aromatic carbocycles. The Morgan fingerprint density at radius 3 is 3.17 bits per heavy atom. The van der Waals surface area contributed by atoms with Gasteiger partial charge in [0.25, 0.3) is 0 Å². The first-order valence-corrected chi connectivity index (χ1v) is 6.49. The van der Waals surface area contributed by atoms with Crippen molar-refractivity contribution < 1.29 is 4.74 Å². The van der Waals surface area contributed by atoms with Crippen LogP contribution in [0.15, 0.2) is 30.5 Å². The SMILES string of the molecule is Cc1ccc(CN[C@@H]2CCOC2)c2cccnc12. The minimum absolute atomic E-state index is 0.498. The lowest BCUT2D eigenvalue weighted by Crippen LogP contribution is -2.28. The van der Waals surface area contributed by atoms with E-state index in [0.717, 1.165) is 31.7 Å². The highest BCUT2D eigenvalue weighted by Gasteiger charge is 2.15. The molecule has 3 nitrogen and oxygen atoms in total. The van der Waals surface area contributed by atoms with E-state index in [0.29, 0.717) is 6.04 Å². The highest BCUT2D eigenvalue weighted by molar-refractivity contribution is 5.84. The summed E-state index contributed by atoms with van der Waals surface area (Å²) < 4.78 is 5.38. The van der Waals surface area contributed by atoms with Crippen LogP contribution >= 0.6 is 0 Å². The fourth-order valence-corrected chi connectivity index (χ4v) is 2.48. The number of aryl methyl sites for hydroxylation is 1. The Hall–Kier alpha value is -1.45. The summed E-state index contributed by atoms with van der Waals surface area (Å²) in [5.41, 5.74) is 3.66. The Bertz CT molecular complexity index is 547. The van der Waals surface area contributed by atoms with Gasteiger partial charge in [-0.05, 0) is 30.5 Å². The van der Waals surface area contributed by atoms with Crippen LogP contribution in [0.25, 0.3) is 10.9 Å². The lowest BCUT2D eigenvalue weighted by Gasteiger charge is -2.13. The highest BCUT2D eigenvalue weighted by Crippen LogP contribution is 2.20. The number of benzene rings is 1. The first-order valence-electron chi connectivity index (χ1n) is 6.49. The Morgan fingerprint density at radius 2 is 2.33 bits per heavy atom. The van der Waals surface area contributed by atoms with Crippen LogP contribution in [-0.2, 0) is 11.3 Å². The van der Waals surface area contributed by atoms with Gasteiger partial charge in [-0.15, -0.1) is 0 Å². The number of aromatic nitrogens is 1. The molecule has 0 spiro atoms. The van der Waals surface area contributed by atoms with Gasteiger partial charge in [0.2, 0.25) is 0 Å². The topological polar surface area (TPSA) is 34.1 Å². The fraction of sp³-hybridized carbons (Fsp3) is 0.400. The Kier molecular flexibility index (Phi) is 3.26. The summed E-state index contributed by atoms with van der Waals surface area (Å²) in [5, 5.41) is 4.81. The van der Waals surface area contributed by atoms with E-state index < -0.39 is 0 Å². The zero-order valence-corrected chi connectivity index (χ0v) is 10.6. The van der Waals surface area contributed by atoms with E-state index in [2.05, 4.69) is 35.4 Å². The number of ether oxygens (including phenoxy) is 1. The summed E-state index contributed by atoms with van der Waals surface area (Å²) in [7, 11) is 0. The van der Waals surface area contributed by atoms with Crippen LogP contribution in [0.4, 0.5) is 0 Å². The predicted molar refractivity (Wildman–Crippen MR) is 72.5 cm³/mol. The molecule has 18 heavy (non-hydrogen) atoms. The van der Waals surface area contributed by atoms with Crippen molar-refractivity contribution >= 4 is 10.9 Å². The van der Waals surface area contributed by atoms with E-state index >= 15 is 0 Å². The fourth-order valence-electron chi connectivity index (χ4n) is 2.48. The van der Waals surface area contributed by atoms with Crippen LogP contribution in [0.2, 0.25) is 0 Å². The zero-order chi connectivity index (χ0) is 12.4. The van der Waals surface area contributed by atoms with Crippen molar-refractivity contribution in [1.29, 1.82) is 0 Å². The van der Waals surface area contributed by atoms with E-state index in [1.165, 1.54) is 16.5 Å². The molecule has 3 rings (SSSR count). The second-order valence-electron chi connectivity index (χ2n) is 4.88. The number of pyridine rings is 1. The Morgan fingerprint density at radius 1 is 1.39 bits per heavy atom. The van der Waals surface area contributed by atoms with Gasteiger partial charge in [0.05, 0.1) is 12.1 Å². The van der Waals surface area contributed by atoms with Gasteiger partial charge in [-0.3, -0.25) is 4.98 Å². The maximum atomic E-state index is 5.38. The average Bonchev–Trinajstić information content (AvgIpc) is 2.92. The minimum Gasteiger partial charge on any atom is -0.380 e. The summed E-state index contributed by atoms with van der Waals surface area (Å²) in [5.74, 6) is 0. The van der Waals surface area contributed by atoms with Gasteiger partial charge in [-0.25, -0.2) is 0 Å². The van der Waals surface area contributed by atoms with Gasteiger partial charge in [-0.2, -0.15) is 0 Å². The molecule has 1 saturated heterocycles. The quantitative estimate of drug-likeness (QED) is 0.897. The largest absolute Gasteiger partial charge is 0.380 e. The van der Waals surface area contributed by atoms with Crippen molar-refractivity contribution in [1.82, 2.24) is 10.3 Å². The average molecular weight is 242 g/mol. The zero-order valence-electron chi connectivity index (χ0n) is 10.6. The van der Waals surface area contributed by atoms with Gasteiger partial charge in [0.15, 0.2) is 0 Å². The minimum atomic E-state index is 0.498. The van der Waals surface area contributed by atoms with Gasteiger partial charge < -0.3 is 10.1 Å². The second-order valence-corrected chi connectivity index (χ2v) is 4.88. The third-order valence-corrected chi connectivity index (χ3v) is 3.57. The molecule has 1 aliphatic rings. The second kappa shape index (κ2) is 5.04. The summed E-state index contributed by atoms with van der Waals surface area (Å²) in [4.78, 5) is 4.47. The maximum absolute atomic E-state index is 5.38. The number of fused-ring (bicyclic) bond motifs is 1. The van der Waals surface area contributed by atoms with Crippen LogP contribution in [0.5, 0.6) is 0 Å². The number of nitrogens with zero attached hydrogens (tertiary/aromatic N) is 1. The first kappa shape index (κ1) is 11.6. The molecule has 1 fully saturated rings. The van der Waals surface area contributed by atoms with Crippen LogP contribution in [-0.4, -0.2) is 24.2 Å². The van der Waals surface area contributed by atoms with Gasteiger partial charge in [-0.1, -0.05) is 18.2 Å². The van der Waals surface area contributed by atoms with Crippen LogP contribution in [0, 0.1) is 6.92 Å². The molecule has 1 aliphatic heterocycles. The molecule has 2 heterocycles. The lowest BCUT2D eigenvalue weighted by atomic mass is 10.0. The summed E-state index contributed by atoms with van der Waals surface area (Å²) in [6.07, 6.45) is 2.97. The predicted octanol–water partition coefficient (Wildman–Crippen LogP) is 2.42. The monoisotopic (exact) mass is 242 g/mol. The molecule has 94 valence electrons. The van der Waals surface area contributed by atoms with Crippen LogP contribution in [0.3, 0.4) is 0 Å². The normalized spacial score (nSPS) is 19.5. The summed E-state index contributed by atoms with van der Waals surface area (Å²) in [6.45, 7) is 4.71. The lowest BCUT2D eigenvalue weighted by molar-refractivity contribution is 0.190. The molecule has 3 heteroatoms. The van der Waals surface area contributed by atoms with Crippen molar-refractivity contribution in [2.45, 2.75) is 25.9 Å². The molecule has 0 saturated carbocycles. The van der Waals surface area contributed by atoms with Gasteiger partial charge in [0, 0.05) is 30.8 Å².